The van der Waals surface area contributed by atoms with Crippen molar-refractivity contribution in [3.63, 3.8) is 0 Å². The fourth-order valence-electron chi connectivity index (χ4n) is 1.22. The lowest BCUT2D eigenvalue weighted by Gasteiger charge is -2.06. The predicted molar refractivity (Wildman–Crippen MR) is 67.3 cm³/mol. The van der Waals surface area contributed by atoms with Gasteiger partial charge in [-0.1, -0.05) is 0 Å². The van der Waals surface area contributed by atoms with Crippen molar-refractivity contribution in [1.29, 1.82) is 0 Å². The monoisotopic (exact) mass is 249 g/mol. The summed E-state index contributed by atoms with van der Waals surface area (Å²) in [5.41, 5.74) is 12.4. The second-order valence-electron chi connectivity index (χ2n) is 3.42. The molecule has 2 rings (SSSR count). The summed E-state index contributed by atoms with van der Waals surface area (Å²) < 4.78 is 0. The van der Waals surface area contributed by atoms with Gasteiger partial charge in [0.25, 0.3) is 5.91 Å². The van der Waals surface area contributed by atoms with Gasteiger partial charge in [0.15, 0.2) is 10.9 Å². The summed E-state index contributed by atoms with van der Waals surface area (Å²) in [7, 11) is 0. The number of carbonyl (C=O) groups is 1. The number of hydrogen-bond donors (Lipinski definition) is 3. The zero-order valence-electron chi connectivity index (χ0n) is 9.10. The molecule has 2 heterocycles. The molecule has 0 unspecified atom stereocenters. The van der Waals surface area contributed by atoms with Crippen LogP contribution in [0.1, 0.15) is 16.2 Å². The maximum atomic E-state index is 11.0. The second-order valence-corrected chi connectivity index (χ2v) is 4.28. The van der Waals surface area contributed by atoms with Crippen LogP contribution in [0.5, 0.6) is 0 Å². The lowest BCUT2D eigenvalue weighted by molar-refractivity contribution is 0.0996. The number of pyridine rings is 1. The number of amides is 1. The number of aryl methyl sites for hydroxylation is 1. The van der Waals surface area contributed by atoms with Crippen molar-refractivity contribution in [1.82, 2.24) is 9.97 Å². The van der Waals surface area contributed by atoms with Crippen LogP contribution in [0.2, 0.25) is 0 Å². The van der Waals surface area contributed by atoms with Crippen LogP contribution in [0.25, 0.3) is 0 Å². The highest BCUT2D eigenvalue weighted by Gasteiger charge is 2.08. The molecule has 0 fully saturated rings. The van der Waals surface area contributed by atoms with E-state index in [4.69, 9.17) is 11.5 Å². The number of nitrogens with two attached hydrogens (primary N) is 2. The highest BCUT2D eigenvalue weighted by Crippen LogP contribution is 2.23. The van der Waals surface area contributed by atoms with E-state index in [1.54, 1.807) is 6.07 Å². The third-order valence-electron chi connectivity index (χ3n) is 2.02. The van der Waals surface area contributed by atoms with Gasteiger partial charge in [-0.25, -0.2) is 9.97 Å². The smallest absolute Gasteiger partial charge is 0.267 e. The van der Waals surface area contributed by atoms with E-state index in [9.17, 15) is 4.79 Å². The first-order valence-electron chi connectivity index (χ1n) is 4.82. The molecule has 5 N–H and O–H groups in total. The molecule has 0 radical (unpaired) electrons. The van der Waals surface area contributed by atoms with Crippen molar-refractivity contribution >= 4 is 33.9 Å². The van der Waals surface area contributed by atoms with E-state index in [0.717, 1.165) is 5.69 Å². The molecule has 1 amide bonds. The summed E-state index contributed by atoms with van der Waals surface area (Å²) in [6.07, 6.45) is 0. The standard InChI is InChI=1S/C10H11N5OS/c1-5-4-17-10(13-5)15-9-6(11)2-3-7(14-9)8(12)16/h2-4H,11H2,1H3,(H2,12,16)(H,13,14,15). The van der Waals surface area contributed by atoms with E-state index in [-0.39, 0.29) is 5.69 Å². The maximum Gasteiger partial charge on any atom is 0.267 e. The minimum absolute atomic E-state index is 0.162. The molecule has 0 saturated carbocycles. The van der Waals surface area contributed by atoms with Gasteiger partial charge >= 0.3 is 0 Å². The molecular formula is C10H11N5OS. The third kappa shape index (κ3) is 2.51. The summed E-state index contributed by atoms with van der Waals surface area (Å²) in [4.78, 5) is 19.2. The van der Waals surface area contributed by atoms with Crippen molar-refractivity contribution in [2.45, 2.75) is 6.92 Å². The molecule has 0 atom stereocenters. The number of nitrogen functional groups attached to an aromatic ring is 1. The second kappa shape index (κ2) is 4.38. The number of aromatic nitrogens is 2. The van der Waals surface area contributed by atoms with Crippen LogP contribution in [0.3, 0.4) is 0 Å². The fraction of sp³-hybridized carbons (Fsp3) is 0.100. The lowest BCUT2D eigenvalue weighted by atomic mass is 10.3. The first-order valence-corrected chi connectivity index (χ1v) is 5.69. The molecule has 7 heteroatoms. The zero-order valence-corrected chi connectivity index (χ0v) is 9.91. The fourth-order valence-corrected chi connectivity index (χ4v) is 1.91. The zero-order chi connectivity index (χ0) is 12.4. The van der Waals surface area contributed by atoms with Gasteiger partial charge in [-0.3, -0.25) is 4.79 Å². The van der Waals surface area contributed by atoms with Gasteiger partial charge in [-0.2, -0.15) is 0 Å². The van der Waals surface area contributed by atoms with Crippen LogP contribution >= 0.6 is 11.3 Å². The molecule has 6 nitrogen and oxygen atoms in total. The molecule has 2 aromatic heterocycles. The van der Waals surface area contributed by atoms with E-state index in [1.807, 2.05) is 12.3 Å². The molecular weight excluding hydrogens is 238 g/mol. The van der Waals surface area contributed by atoms with Gasteiger partial charge in [-0.05, 0) is 19.1 Å². The van der Waals surface area contributed by atoms with E-state index in [1.165, 1.54) is 17.4 Å². The van der Waals surface area contributed by atoms with Crippen molar-refractivity contribution in [3.8, 4) is 0 Å². The van der Waals surface area contributed by atoms with E-state index < -0.39 is 5.91 Å². The number of thiazole rings is 1. The van der Waals surface area contributed by atoms with Crippen molar-refractivity contribution in [3.05, 3.63) is 28.9 Å². The predicted octanol–water partition coefficient (Wildman–Crippen LogP) is 1.27. The van der Waals surface area contributed by atoms with Crippen LogP contribution in [-0.2, 0) is 0 Å². The van der Waals surface area contributed by atoms with Gasteiger partial charge in [0.2, 0.25) is 0 Å². The molecule has 0 aromatic carbocycles. The molecule has 0 spiro atoms. The normalized spacial score (nSPS) is 10.2. The largest absolute Gasteiger partial charge is 0.396 e. The molecule has 0 aliphatic carbocycles. The van der Waals surface area contributed by atoms with Gasteiger partial charge < -0.3 is 16.8 Å². The van der Waals surface area contributed by atoms with Crippen LogP contribution in [0, 0.1) is 6.92 Å². The average Bonchev–Trinajstić information content (AvgIpc) is 2.67. The Bertz CT molecular complexity index is 566. The van der Waals surface area contributed by atoms with Gasteiger partial charge in [0.05, 0.1) is 11.4 Å². The van der Waals surface area contributed by atoms with Crippen molar-refractivity contribution in [2.24, 2.45) is 5.73 Å². The quantitative estimate of drug-likeness (QED) is 0.759. The molecule has 0 aliphatic heterocycles. The number of carbonyl (C=O) groups excluding carboxylic acids is 1. The van der Waals surface area contributed by atoms with Crippen LogP contribution in [0.4, 0.5) is 16.6 Å². The molecule has 88 valence electrons. The van der Waals surface area contributed by atoms with Crippen molar-refractivity contribution in [2.75, 3.05) is 11.1 Å². The van der Waals surface area contributed by atoms with Crippen molar-refractivity contribution < 1.29 is 4.79 Å². The Morgan fingerprint density at radius 2 is 2.18 bits per heavy atom. The highest BCUT2D eigenvalue weighted by atomic mass is 32.1. The SMILES string of the molecule is Cc1csc(Nc2nc(C(N)=O)ccc2N)n1. The molecule has 2 aromatic rings. The third-order valence-corrected chi connectivity index (χ3v) is 2.90. The number of hydrogen-bond acceptors (Lipinski definition) is 6. The summed E-state index contributed by atoms with van der Waals surface area (Å²) in [6.45, 7) is 1.89. The number of anilines is 3. The molecule has 0 aliphatic rings. The van der Waals surface area contributed by atoms with Gasteiger partial charge in [-0.15, -0.1) is 11.3 Å². The van der Waals surface area contributed by atoms with Gasteiger partial charge in [0, 0.05) is 5.38 Å². The number of rotatable bonds is 3. The first kappa shape index (κ1) is 11.3. The van der Waals surface area contributed by atoms with Gasteiger partial charge in [0.1, 0.15) is 5.69 Å². The Morgan fingerprint density at radius 3 is 2.76 bits per heavy atom. The molecule has 0 bridgehead atoms. The Hall–Kier alpha value is -2.15. The highest BCUT2D eigenvalue weighted by molar-refractivity contribution is 7.13. The van der Waals surface area contributed by atoms with E-state index in [0.29, 0.717) is 16.6 Å². The topological polar surface area (TPSA) is 107 Å². The lowest BCUT2D eigenvalue weighted by Crippen LogP contribution is -2.14. The van der Waals surface area contributed by atoms with Crippen LogP contribution in [0.15, 0.2) is 17.5 Å². The van der Waals surface area contributed by atoms with E-state index >= 15 is 0 Å². The summed E-state index contributed by atoms with van der Waals surface area (Å²) in [6, 6.07) is 3.06. The summed E-state index contributed by atoms with van der Waals surface area (Å²) >= 11 is 1.43. The average molecular weight is 249 g/mol. The Kier molecular flexibility index (Phi) is 2.92. The molecule has 17 heavy (non-hydrogen) atoms. The maximum absolute atomic E-state index is 11.0. The Balaban J connectivity index is 2.31. The minimum Gasteiger partial charge on any atom is -0.396 e. The summed E-state index contributed by atoms with van der Waals surface area (Å²) in [5.74, 6) is -0.209. The first-order chi connectivity index (χ1) is 8.06. The van der Waals surface area contributed by atoms with E-state index in [2.05, 4.69) is 15.3 Å². The number of primary amides is 1. The Morgan fingerprint density at radius 1 is 1.41 bits per heavy atom. The minimum atomic E-state index is -0.594. The number of nitrogens with one attached hydrogen (secondary N) is 1. The van der Waals surface area contributed by atoms with Crippen LogP contribution in [-0.4, -0.2) is 15.9 Å². The summed E-state index contributed by atoms with van der Waals surface area (Å²) in [5, 5.41) is 5.52. The Labute approximate surface area is 102 Å². The van der Waals surface area contributed by atoms with Crippen LogP contribution < -0.4 is 16.8 Å². The number of nitrogens with zero attached hydrogens (tertiary/aromatic N) is 2. The molecule has 0 saturated heterocycles.